The van der Waals surface area contributed by atoms with Gasteiger partial charge in [0.2, 0.25) is 0 Å². The molecule has 4 heteroatoms. The molecule has 0 radical (unpaired) electrons. The van der Waals surface area contributed by atoms with Crippen molar-refractivity contribution in [1.29, 1.82) is 0 Å². The Hall–Kier alpha value is -1.97. The van der Waals surface area contributed by atoms with Gasteiger partial charge in [-0.2, -0.15) is 5.10 Å². The van der Waals surface area contributed by atoms with Crippen LogP contribution in [0.25, 0.3) is 5.69 Å². The molecular weight excluding hydrogens is 250 g/mol. The highest BCUT2D eigenvalue weighted by Gasteiger charge is 2.19. The number of nitrogen functional groups attached to an aromatic ring is 1. The van der Waals surface area contributed by atoms with Crippen LogP contribution in [0.15, 0.2) is 30.3 Å². The van der Waals surface area contributed by atoms with Gasteiger partial charge in [0.15, 0.2) is 0 Å². The van der Waals surface area contributed by atoms with Crippen molar-refractivity contribution in [2.24, 2.45) is 0 Å². The van der Waals surface area contributed by atoms with Crippen molar-refractivity contribution < 1.29 is 4.74 Å². The lowest BCUT2D eigenvalue weighted by Crippen LogP contribution is -2.06. The number of nitrogens with zero attached hydrogens (tertiary/aromatic N) is 2. The normalized spacial score (nSPS) is 16.2. The van der Waals surface area contributed by atoms with Crippen LogP contribution in [0, 0.1) is 0 Å². The number of benzene rings is 1. The number of anilines is 1. The molecule has 2 N–H and O–H groups in total. The van der Waals surface area contributed by atoms with Crippen LogP contribution >= 0.6 is 0 Å². The molecule has 1 saturated carbocycles. The molecule has 0 spiro atoms. The third kappa shape index (κ3) is 2.50. The van der Waals surface area contributed by atoms with Gasteiger partial charge in [0.05, 0.1) is 18.5 Å². The molecule has 1 aliphatic carbocycles. The van der Waals surface area contributed by atoms with Gasteiger partial charge in [0, 0.05) is 18.1 Å². The fourth-order valence-electron chi connectivity index (χ4n) is 2.96. The van der Waals surface area contributed by atoms with Crippen LogP contribution in [0.3, 0.4) is 0 Å². The lowest BCUT2D eigenvalue weighted by Gasteiger charge is -2.19. The molecule has 0 saturated heterocycles. The maximum Gasteiger partial charge on any atom is 0.127 e. The summed E-state index contributed by atoms with van der Waals surface area (Å²) in [5, 5.41) is 4.72. The summed E-state index contributed by atoms with van der Waals surface area (Å²) < 4.78 is 7.07. The molecule has 0 unspecified atom stereocenters. The topological polar surface area (TPSA) is 53.1 Å². The van der Waals surface area contributed by atoms with E-state index < -0.39 is 0 Å². The molecule has 1 heterocycles. The minimum atomic E-state index is 0.568. The first-order valence-corrected chi connectivity index (χ1v) is 7.28. The van der Waals surface area contributed by atoms with Crippen molar-refractivity contribution in [3.63, 3.8) is 0 Å². The standard InChI is InChI=1S/C16H21N3O/c1-20-14-9-5-8-13(10-14)19-16(17)11-15(18-19)12-6-3-2-4-7-12/h5,8-12H,2-4,6-7,17H2,1H3. The number of rotatable bonds is 3. The zero-order valence-corrected chi connectivity index (χ0v) is 11.9. The summed E-state index contributed by atoms with van der Waals surface area (Å²) >= 11 is 0. The van der Waals surface area contributed by atoms with Crippen LogP contribution in [0.5, 0.6) is 5.75 Å². The van der Waals surface area contributed by atoms with Crippen molar-refractivity contribution in [2.45, 2.75) is 38.0 Å². The number of hydrogen-bond acceptors (Lipinski definition) is 3. The van der Waals surface area contributed by atoms with Crippen LogP contribution in [-0.4, -0.2) is 16.9 Å². The highest BCUT2D eigenvalue weighted by atomic mass is 16.5. The Morgan fingerprint density at radius 1 is 1.20 bits per heavy atom. The molecule has 106 valence electrons. The first kappa shape index (κ1) is 13.0. The van der Waals surface area contributed by atoms with Gasteiger partial charge in [0.1, 0.15) is 11.6 Å². The lowest BCUT2D eigenvalue weighted by atomic mass is 9.87. The zero-order chi connectivity index (χ0) is 13.9. The van der Waals surface area contributed by atoms with Crippen LogP contribution in [-0.2, 0) is 0 Å². The number of ether oxygens (including phenoxy) is 1. The highest BCUT2D eigenvalue weighted by Crippen LogP contribution is 2.33. The van der Waals surface area contributed by atoms with Crippen molar-refractivity contribution in [1.82, 2.24) is 9.78 Å². The molecule has 1 fully saturated rings. The number of aromatic nitrogens is 2. The lowest BCUT2D eigenvalue weighted by molar-refractivity contribution is 0.414. The van der Waals surface area contributed by atoms with Crippen LogP contribution in [0.1, 0.15) is 43.7 Å². The third-order valence-electron chi connectivity index (χ3n) is 4.08. The van der Waals surface area contributed by atoms with E-state index in [1.807, 2.05) is 35.0 Å². The second-order valence-corrected chi connectivity index (χ2v) is 5.44. The quantitative estimate of drug-likeness (QED) is 0.929. The Morgan fingerprint density at radius 2 is 2.00 bits per heavy atom. The van der Waals surface area contributed by atoms with E-state index in [0.717, 1.165) is 17.1 Å². The maximum absolute atomic E-state index is 6.13. The summed E-state index contributed by atoms with van der Waals surface area (Å²) in [7, 11) is 1.67. The molecule has 1 aromatic heterocycles. The highest BCUT2D eigenvalue weighted by molar-refractivity contribution is 5.46. The molecule has 1 aromatic carbocycles. The molecule has 0 aliphatic heterocycles. The Bertz CT molecular complexity index is 585. The summed E-state index contributed by atoms with van der Waals surface area (Å²) in [5.74, 6) is 2.08. The Kier molecular flexibility index (Phi) is 3.63. The molecule has 3 rings (SSSR count). The van der Waals surface area contributed by atoms with E-state index in [-0.39, 0.29) is 0 Å². The molecule has 20 heavy (non-hydrogen) atoms. The van der Waals surface area contributed by atoms with Gasteiger partial charge < -0.3 is 10.5 Å². The first-order chi connectivity index (χ1) is 9.78. The Morgan fingerprint density at radius 3 is 2.75 bits per heavy atom. The molecule has 2 aromatic rings. The summed E-state index contributed by atoms with van der Waals surface area (Å²) in [6, 6.07) is 9.85. The van der Waals surface area contributed by atoms with Crippen molar-refractivity contribution >= 4 is 5.82 Å². The van der Waals surface area contributed by atoms with E-state index in [1.165, 1.54) is 32.1 Å². The van der Waals surface area contributed by atoms with Crippen molar-refractivity contribution in [2.75, 3.05) is 12.8 Å². The van der Waals surface area contributed by atoms with Crippen LogP contribution in [0.2, 0.25) is 0 Å². The van der Waals surface area contributed by atoms with E-state index in [2.05, 4.69) is 0 Å². The van der Waals surface area contributed by atoms with Crippen molar-refractivity contribution in [3.05, 3.63) is 36.0 Å². The predicted octanol–water partition coefficient (Wildman–Crippen LogP) is 3.51. The van der Waals surface area contributed by atoms with E-state index in [0.29, 0.717) is 11.7 Å². The van der Waals surface area contributed by atoms with Crippen LogP contribution in [0.4, 0.5) is 5.82 Å². The SMILES string of the molecule is COc1cccc(-n2nc(C3CCCCC3)cc2N)c1. The van der Waals surface area contributed by atoms with Gasteiger partial charge in [-0.15, -0.1) is 0 Å². The van der Waals surface area contributed by atoms with Gasteiger partial charge in [0.25, 0.3) is 0 Å². The average Bonchev–Trinajstić information content (AvgIpc) is 2.90. The number of methoxy groups -OCH3 is 1. The second-order valence-electron chi connectivity index (χ2n) is 5.44. The van der Waals surface area contributed by atoms with Crippen LogP contribution < -0.4 is 10.5 Å². The molecule has 0 amide bonds. The fraction of sp³-hybridized carbons (Fsp3) is 0.438. The monoisotopic (exact) mass is 271 g/mol. The molecule has 0 bridgehead atoms. The number of nitrogens with two attached hydrogens (primary N) is 1. The summed E-state index contributed by atoms with van der Waals surface area (Å²) in [6.07, 6.45) is 6.42. The third-order valence-corrected chi connectivity index (χ3v) is 4.08. The van der Waals surface area contributed by atoms with E-state index >= 15 is 0 Å². The van der Waals surface area contributed by atoms with Crippen molar-refractivity contribution in [3.8, 4) is 11.4 Å². The van der Waals surface area contributed by atoms with Gasteiger partial charge in [-0.1, -0.05) is 25.3 Å². The van der Waals surface area contributed by atoms with Gasteiger partial charge in [-0.05, 0) is 25.0 Å². The molecule has 1 aliphatic rings. The maximum atomic E-state index is 6.13. The second kappa shape index (κ2) is 5.57. The minimum absolute atomic E-state index is 0.568. The Labute approximate surface area is 119 Å². The molecule has 4 nitrogen and oxygen atoms in total. The smallest absolute Gasteiger partial charge is 0.127 e. The molecular formula is C16H21N3O. The van der Waals surface area contributed by atoms with E-state index in [1.54, 1.807) is 7.11 Å². The summed E-state index contributed by atoms with van der Waals surface area (Å²) in [6.45, 7) is 0. The summed E-state index contributed by atoms with van der Waals surface area (Å²) in [4.78, 5) is 0. The number of hydrogen-bond donors (Lipinski definition) is 1. The Balaban J connectivity index is 1.91. The fourth-order valence-corrected chi connectivity index (χ4v) is 2.96. The minimum Gasteiger partial charge on any atom is -0.497 e. The first-order valence-electron chi connectivity index (χ1n) is 7.28. The largest absolute Gasteiger partial charge is 0.497 e. The van der Waals surface area contributed by atoms with Gasteiger partial charge in [-0.3, -0.25) is 0 Å². The average molecular weight is 271 g/mol. The van der Waals surface area contributed by atoms with Gasteiger partial charge >= 0.3 is 0 Å². The molecule has 0 atom stereocenters. The van der Waals surface area contributed by atoms with Gasteiger partial charge in [-0.25, -0.2) is 4.68 Å². The van der Waals surface area contributed by atoms with E-state index in [9.17, 15) is 0 Å². The summed E-state index contributed by atoms with van der Waals surface area (Å²) in [5.41, 5.74) is 8.21. The zero-order valence-electron chi connectivity index (χ0n) is 11.9. The van der Waals surface area contributed by atoms with E-state index in [4.69, 9.17) is 15.6 Å². The predicted molar refractivity (Wildman–Crippen MR) is 80.4 cm³/mol.